The van der Waals surface area contributed by atoms with Crippen LogP contribution in [0.5, 0.6) is 0 Å². The van der Waals surface area contributed by atoms with E-state index in [1.807, 2.05) is 27.7 Å². The molecule has 0 aliphatic rings. The van der Waals surface area contributed by atoms with E-state index in [1.165, 1.54) is 0 Å². The van der Waals surface area contributed by atoms with E-state index in [2.05, 4.69) is 11.4 Å². The fraction of sp³-hybridized carbons (Fsp3) is 0.692. The molecule has 4 nitrogen and oxygen atoms in total. The maximum atomic E-state index is 11.4. The molecule has 0 fully saturated rings. The van der Waals surface area contributed by atoms with E-state index in [9.17, 15) is 9.59 Å². The van der Waals surface area contributed by atoms with Crippen LogP contribution in [0.3, 0.4) is 0 Å². The van der Waals surface area contributed by atoms with Crippen LogP contribution in [0.15, 0.2) is 0 Å². The molecule has 0 saturated heterocycles. The van der Waals surface area contributed by atoms with E-state index < -0.39 is 5.97 Å². The smallest absolute Gasteiger partial charge is 0.303 e. The van der Waals surface area contributed by atoms with Gasteiger partial charge in [-0.1, -0.05) is 34.1 Å². The Morgan fingerprint density at radius 1 is 1.18 bits per heavy atom. The van der Waals surface area contributed by atoms with Crippen molar-refractivity contribution in [2.24, 2.45) is 10.8 Å². The molecule has 0 aromatic carbocycles. The minimum atomic E-state index is -0.820. The number of aliphatic carboxylic acids is 1. The summed E-state index contributed by atoms with van der Waals surface area (Å²) in [5.41, 5.74) is -0.619. The molecule has 0 rings (SSSR count). The van der Waals surface area contributed by atoms with Crippen molar-refractivity contribution in [3.63, 3.8) is 0 Å². The number of carboxylic acid groups (broad SMARTS) is 1. The number of rotatable bonds is 6. The monoisotopic (exact) mass is 239 g/mol. The molecule has 0 aromatic heterocycles. The zero-order chi connectivity index (χ0) is 13.7. The lowest BCUT2D eigenvalue weighted by Crippen LogP contribution is -2.30. The normalized spacial score (nSPS) is 11.7. The Kier molecular flexibility index (Phi) is 5.21. The fourth-order valence-electron chi connectivity index (χ4n) is 2.39. The first-order valence-corrected chi connectivity index (χ1v) is 5.54. The van der Waals surface area contributed by atoms with Crippen molar-refractivity contribution in [1.82, 2.24) is 5.32 Å². The largest absolute Gasteiger partial charge is 0.481 e. The van der Waals surface area contributed by atoms with Gasteiger partial charge in [0, 0.05) is 12.5 Å². The van der Waals surface area contributed by atoms with Crippen molar-refractivity contribution in [3.05, 3.63) is 0 Å². The Hall–Kier alpha value is -1.50. The number of nitrogens with one attached hydrogen (secondary N) is 1. The van der Waals surface area contributed by atoms with Crippen molar-refractivity contribution in [1.29, 1.82) is 0 Å². The molecule has 0 aliphatic heterocycles. The van der Waals surface area contributed by atoms with Crippen molar-refractivity contribution in [2.75, 3.05) is 0 Å². The van der Waals surface area contributed by atoms with Gasteiger partial charge in [0.05, 0.1) is 6.42 Å². The Bertz CT molecular complexity index is 337. The SMILES string of the molecule is C#CNC(=O)CC(C)(C)CC(C)(C)CC(=O)O. The lowest BCUT2D eigenvalue weighted by atomic mass is 9.72. The second-order valence-corrected chi connectivity index (χ2v) is 5.95. The molecule has 0 aromatic rings. The number of carbonyl (C=O) groups excluding carboxylic acids is 1. The summed E-state index contributed by atoms with van der Waals surface area (Å²) >= 11 is 0. The maximum Gasteiger partial charge on any atom is 0.303 e. The van der Waals surface area contributed by atoms with Crippen LogP contribution in [0.25, 0.3) is 0 Å². The highest BCUT2D eigenvalue weighted by atomic mass is 16.4. The van der Waals surface area contributed by atoms with Gasteiger partial charge in [0.25, 0.3) is 0 Å². The first-order chi connectivity index (χ1) is 7.58. The van der Waals surface area contributed by atoms with E-state index >= 15 is 0 Å². The summed E-state index contributed by atoms with van der Waals surface area (Å²) in [7, 11) is 0. The van der Waals surface area contributed by atoms with Crippen molar-refractivity contribution in [3.8, 4) is 12.5 Å². The van der Waals surface area contributed by atoms with Gasteiger partial charge in [0.15, 0.2) is 0 Å². The quantitative estimate of drug-likeness (QED) is 0.550. The molecule has 0 unspecified atom stereocenters. The van der Waals surface area contributed by atoms with Gasteiger partial charge in [0.1, 0.15) is 0 Å². The van der Waals surface area contributed by atoms with E-state index in [0.29, 0.717) is 12.8 Å². The molecule has 4 heteroatoms. The molecule has 0 bridgehead atoms. The average molecular weight is 239 g/mol. The van der Waals surface area contributed by atoms with Crippen LogP contribution in [-0.2, 0) is 9.59 Å². The summed E-state index contributed by atoms with van der Waals surface area (Å²) in [5, 5.41) is 11.1. The molecule has 0 heterocycles. The number of terminal acetylenes is 1. The topological polar surface area (TPSA) is 66.4 Å². The summed E-state index contributed by atoms with van der Waals surface area (Å²) in [4.78, 5) is 22.1. The van der Waals surface area contributed by atoms with Gasteiger partial charge in [-0.15, -0.1) is 0 Å². The van der Waals surface area contributed by atoms with Crippen LogP contribution in [0.2, 0.25) is 0 Å². The van der Waals surface area contributed by atoms with Crippen LogP contribution in [-0.4, -0.2) is 17.0 Å². The molecular weight excluding hydrogens is 218 g/mol. The van der Waals surface area contributed by atoms with Gasteiger partial charge < -0.3 is 5.11 Å². The number of hydrogen-bond donors (Lipinski definition) is 2. The van der Waals surface area contributed by atoms with Gasteiger partial charge in [-0.05, 0) is 17.3 Å². The van der Waals surface area contributed by atoms with Crippen molar-refractivity contribution in [2.45, 2.75) is 47.0 Å². The third kappa shape index (κ3) is 7.40. The van der Waals surface area contributed by atoms with Gasteiger partial charge in [-0.25, -0.2) is 0 Å². The Morgan fingerprint density at radius 2 is 1.65 bits per heavy atom. The average Bonchev–Trinajstić information content (AvgIpc) is 1.96. The summed E-state index contributed by atoms with van der Waals surface area (Å²) in [6.07, 6.45) is 6.01. The second kappa shape index (κ2) is 5.72. The molecule has 2 N–H and O–H groups in total. The lowest BCUT2D eigenvalue weighted by molar-refractivity contribution is -0.139. The molecule has 0 saturated carbocycles. The van der Waals surface area contributed by atoms with E-state index in [1.54, 1.807) is 0 Å². The second-order valence-electron chi connectivity index (χ2n) is 5.95. The maximum absolute atomic E-state index is 11.4. The number of hydrogen-bond acceptors (Lipinski definition) is 2. The predicted octanol–water partition coefficient (Wildman–Crippen LogP) is 2.00. The zero-order valence-corrected chi connectivity index (χ0v) is 11.0. The molecular formula is C13H21NO3. The molecule has 0 aliphatic carbocycles. The summed E-state index contributed by atoms with van der Waals surface area (Å²) in [5.74, 6) is -1.03. The van der Waals surface area contributed by atoms with Crippen LogP contribution in [0.1, 0.15) is 47.0 Å². The zero-order valence-electron chi connectivity index (χ0n) is 11.0. The summed E-state index contributed by atoms with van der Waals surface area (Å²) < 4.78 is 0. The van der Waals surface area contributed by atoms with Crippen LogP contribution >= 0.6 is 0 Å². The van der Waals surface area contributed by atoms with Crippen molar-refractivity contribution < 1.29 is 14.7 Å². The Labute approximate surface area is 103 Å². The first-order valence-electron chi connectivity index (χ1n) is 5.54. The van der Waals surface area contributed by atoms with Gasteiger partial charge in [-0.3, -0.25) is 14.9 Å². The summed E-state index contributed by atoms with van der Waals surface area (Å²) in [6.45, 7) is 7.66. The minimum absolute atomic E-state index is 0.0905. The fourth-order valence-corrected chi connectivity index (χ4v) is 2.39. The molecule has 0 radical (unpaired) electrons. The highest BCUT2D eigenvalue weighted by Crippen LogP contribution is 2.38. The minimum Gasteiger partial charge on any atom is -0.481 e. The Balaban J connectivity index is 4.48. The third-order valence-corrected chi connectivity index (χ3v) is 2.44. The highest BCUT2D eigenvalue weighted by Gasteiger charge is 2.32. The molecule has 17 heavy (non-hydrogen) atoms. The standard InChI is InChI=1S/C13H21NO3/c1-6-14-10(15)7-12(2,3)9-13(4,5)8-11(16)17/h1H,7-9H2,2-5H3,(H,14,15)(H,16,17). The first kappa shape index (κ1) is 15.5. The molecule has 96 valence electrons. The number of amides is 1. The van der Waals surface area contributed by atoms with Crippen LogP contribution < -0.4 is 5.32 Å². The van der Waals surface area contributed by atoms with E-state index in [-0.39, 0.29) is 23.2 Å². The summed E-state index contributed by atoms with van der Waals surface area (Å²) in [6, 6.07) is 2.09. The van der Waals surface area contributed by atoms with Crippen molar-refractivity contribution >= 4 is 11.9 Å². The molecule has 0 spiro atoms. The van der Waals surface area contributed by atoms with E-state index in [0.717, 1.165) is 0 Å². The predicted molar refractivity (Wildman–Crippen MR) is 66.0 cm³/mol. The molecule has 1 amide bonds. The third-order valence-electron chi connectivity index (χ3n) is 2.44. The van der Waals surface area contributed by atoms with Gasteiger partial charge in [0.2, 0.25) is 5.91 Å². The van der Waals surface area contributed by atoms with Crippen LogP contribution in [0.4, 0.5) is 0 Å². The van der Waals surface area contributed by atoms with Gasteiger partial charge >= 0.3 is 5.97 Å². The van der Waals surface area contributed by atoms with Crippen LogP contribution in [0, 0.1) is 23.3 Å². The number of carboxylic acids is 1. The number of carbonyl (C=O) groups is 2. The molecule has 0 atom stereocenters. The van der Waals surface area contributed by atoms with Gasteiger partial charge in [-0.2, -0.15) is 0 Å². The highest BCUT2D eigenvalue weighted by molar-refractivity contribution is 5.78. The lowest BCUT2D eigenvalue weighted by Gasteiger charge is -2.33. The Morgan fingerprint density at radius 3 is 2.06 bits per heavy atom. The van der Waals surface area contributed by atoms with E-state index in [4.69, 9.17) is 11.5 Å².